The molecule has 0 saturated carbocycles. The number of hydrogen-bond acceptors (Lipinski definition) is 4. The van der Waals surface area contributed by atoms with Gasteiger partial charge in [0.15, 0.2) is 0 Å². The van der Waals surface area contributed by atoms with Gasteiger partial charge in [-0.25, -0.2) is 0 Å². The third-order valence-corrected chi connectivity index (χ3v) is 2.20. The Labute approximate surface area is 103 Å². The summed E-state index contributed by atoms with van der Waals surface area (Å²) in [5.41, 5.74) is 0. The van der Waals surface area contributed by atoms with E-state index in [9.17, 15) is 19.8 Å². The summed E-state index contributed by atoms with van der Waals surface area (Å²) in [6.45, 7) is 10.2. The molecule has 0 aliphatic rings. The van der Waals surface area contributed by atoms with Gasteiger partial charge in [0.2, 0.25) is 0 Å². The molecule has 2 unspecified atom stereocenters. The van der Waals surface area contributed by atoms with E-state index in [0.717, 1.165) is 0 Å². The molecule has 0 heterocycles. The van der Waals surface area contributed by atoms with E-state index in [-0.39, 0.29) is 5.92 Å². The van der Waals surface area contributed by atoms with Crippen LogP contribution < -0.4 is 10.2 Å². The maximum absolute atomic E-state index is 10.2. The Balaban J connectivity index is 0. The molecule has 0 N–H and O–H groups in total. The molecule has 0 aromatic carbocycles. The standard InChI is InChI=1S/C7H12O2.C6H10O2/c1-3-5-6(4-2)7(8)9;1-3-4-5(2)6(7)8/h3,6H,1,4-5H2,2H3,(H,8,9);3,5H,1,4H2,2H3,(H,7,8)/p-2. The fourth-order valence-corrected chi connectivity index (χ4v) is 0.977. The van der Waals surface area contributed by atoms with E-state index in [4.69, 9.17) is 0 Å². The van der Waals surface area contributed by atoms with Crippen LogP contribution in [0.2, 0.25) is 0 Å². The van der Waals surface area contributed by atoms with E-state index >= 15 is 0 Å². The zero-order valence-electron chi connectivity index (χ0n) is 10.5. The van der Waals surface area contributed by atoms with Gasteiger partial charge in [0.1, 0.15) is 0 Å². The maximum Gasteiger partial charge on any atom is 0.0448 e. The lowest BCUT2D eigenvalue weighted by atomic mass is 10.0. The first-order valence-corrected chi connectivity index (χ1v) is 5.54. The summed E-state index contributed by atoms with van der Waals surface area (Å²) in [4.78, 5) is 20.1. The van der Waals surface area contributed by atoms with Gasteiger partial charge < -0.3 is 19.8 Å². The molecule has 0 rings (SSSR count). The van der Waals surface area contributed by atoms with E-state index in [0.29, 0.717) is 19.3 Å². The SMILES string of the molecule is C=CCC(C)C(=O)[O-].C=CCC(CC)C(=O)[O-]. The second-order valence-corrected chi connectivity index (χ2v) is 3.69. The lowest BCUT2D eigenvalue weighted by molar-refractivity contribution is -0.312. The average molecular weight is 240 g/mol. The van der Waals surface area contributed by atoms with Crippen LogP contribution in [0.5, 0.6) is 0 Å². The fraction of sp³-hybridized carbons (Fsp3) is 0.538. The first kappa shape index (κ1) is 17.8. The molecular weight excluding hydrogens is 220 g/mol. The highest BCUT2D eigenvalue weighted by Gasteiger charge is 2.02. The Morgan fingerprint density at radius 1 is 1.12 bits per heavy atom. The summed E-state index contributed by atoms with van der Waals surface area (Å²) in [6.07, 6.45) is 4.79. The number of carbonyl (C=O) groups is 2. The molecule has 4 heteroatoms. The van der Waals surface area contributed by atoms with Crippen LogP contribution in [0.3, 0.4) is 0 Å². The van der Waals surface area contributed by atoms with Crippen molar-refractivity contribution < 1.29 is 19.8 Å². The number of aliphatic carboxylic acids is 2. The molecule has 0 bridgehead atoms. The van der Waals surface area contributed by atoms with E-state index < -0.39 is 17.9 Å². The molecule has 0 aromatic heterocycles. The smallest absolute Gasteiger partial charge is 0.0448 e. The van der Waals surface area contributed by atoms with Crippen LogP contribution in [0.1, 0.15) is 33.1 Å². The van der Waals surface area contributed by atoms with Gasteiger partial charge in [-0.1, -0.05) is 26.0 Å². The van der Waals surface area contributed by atoms with E-state index in [1.807, 2.05) is 6.92 Å². The van der Waals surface area contributed by atoms with Gasteiger partial charge in [0.05, 0.1) is 0 Å². The summed E-state index contributed by atoms with van der Waals surface area (Å²) in [6, 6.07) is 0. The van der Waals surface area contributed by atoms with Gasteiger partial charge in [-0.2, -0.15) is 0 Å². The van der Waals surface area contributed by atoms with E-state index in [2.05, 4.69) is 13.2 Å². The third kappa shape index (κ3) is 10.7. The van der Waals surface area contributed by atoms with E-state index in [1.54, 1.807) is 19.1 Å². The van der Waals surface area contributed by atoms with E-state index in [1.165, 1.54) is 0 Å². The van der Waals surface area contributed by atoms with Crippen molar-refractivity contribution >= 4 is 11.9 Å². The van der Waals surface area contributed by atoms with Crippen molar-refractivity contribution in [3.8, 4) is 0 Å². The first-order valence-electron chi connectivity index (χ1n) is 5.54. The molecule has 17 heavy (non-hydrogen) atoms. The van der Waals surface area contributed by atoms with Gasteiger partial charge in [0.25, 0.3) is 0 Å². The highest BCUT2D eigenvalue weighted by atomic mass is 16.4. The molecular formula is C13H20O4-2. The monoisotopic (exact) mass is 240 g/mol. The lowest BCUT2D eigenvalue weighted by Gasteiger charge is -2.12. The highest BCUT2D eigenvalue weighted by Crippen LogP contribution is 2.05. The summed E-state index contributed by atoms with van der Waals surface area (Å²) in [5, 5.41) is 20.1. The van der Waals surface area contributed by atoms with Crippen LogP contribution in [-0.4, -0.2) is 11.9 Å². The van der Waals surface area contributed by atoms with Gasteiger partial charge in [-0.15, -0.1) is 13.2 Å². The number of hydrogen-bond donors (Lipinski definition) is 0. The van der Waals surface area contributed by atoms with Crippen LogP contribution in [0.15, 0.2) is 25.3 Å². The molecule has 0 aromatic rings. The number of carboxylic acid groups (broad SMARTS) is 2. The normalized spacial score (nSPS) is 12.6. The second-order valence-electron chi connectivity index (χ2n) is 3.69. The second kappa shape index (κ2) is 10.9. The Hall–Kier alpha value is -1.58. The van der Waals surface area contributed by atoms with Crippen molar-refractivity contribution in [2.45, 2.75) is 33.1 Å². The largest absolute Gasteiger partial charge is 0.550 e. The fourth-order valence-electron chi connectivity index (χ4n) is 0.977. The molecule has 0 aliphatic carbocycles. The van der Waals surface area contributed by atoms with Gasteiger partial charge in [-0.05, 0) is 25.2 Å². The minimum absolute atomic E-state index is 0.345. The Kier molecular flexibility index (Phi) is 11.4. The molecule has 0 radical (unpaired) electrons. The van der Waals surface area contributed by atoms with Crippen LogP contribution in [0.4, 0.5) is 0 Å². The lowest BCUT2D eigenvalue weighted by Crippen LogP contribution is -2.30. The van der Waals surface area contributed by atoms with Gasteiger partial charge in [-0.3, -0.25) is 0 Å². The highest BCUT2D eigenvalue weighted by molar-refractivity contribution is 5.67. The molecule has 0 spiro atoms. The van der Waals surface area contributed by atoms with Crippen molar-refractivity contribution in [3.63, 3.8) is 0 Å². The number of rotatable bonds is 7. The first-order chi connectivity index (χ1) is 7.90. The van der Waals surface area contributed by atoms with Gasteiger partial charge in [0, 0.05) is 17.9 Å². The molecule has 0 aliphatic heterocycles. The summed E-state index contributed by atoms with van der Waals surface area (Å²) >= 11 is 0. The van der Waals surface area contributed by atoms with Crippen LogP contribution in [0, 0.1) is 11.8 Å². The zero-order chi connectivity index (χ0) is 13.8. The number of allylic oxidation sites excluding steroid dienone is 2. The molecule has 0 saturated heterocycles. The topological polar surface area (TPSA) is 80.3 Å². The Morgan fingerprint density at radius 3 is 1.71 bits per heavy atom. The summed E-state index contributed by atoms with van der Waals surface area (Å²) < 4.78 is 0. The van der Waals surface area contributed by atoms with Crippen molar-refractivity contribution in [3.05, 3.63) is 25.3 Å². The van der Waals surface area contributed by atoms with Crippen LogP contribution in [-0.2, 0) is 9.59 Å². The number of carboxylic acids is 2. The maximum atomic E-state index is 10.2. The molecule has 0 fully saturated rings. The average Bonchev–Trinajstić information content (AvgIpc) is 2.26. The third-order valence-electron chi connectivity index (χ3n) is 2.20. The van der Waals surface area contributed by atoms with Gasteiger partial charge >= 0.3 is 0 Å². The van der Waals surface area contributed by atoms with Crippen LogP contribution >= 0.6 is 0 Å². The number of carbonyl (C=O) groups excluding carboxylic acids is 2. The van der Waals surface area contributed by atoms with Crippen molar-refractivity contribution in [2.24, 2.45) is 11.8 Å². The summed E-state index contributed by atoms with van der Waals surface area (Å²) in [5.74, 6) is -2.72. The molecule has 0 amide bonds. The quantitative estimate of drug-likeness (QED) is 0.599. The predicted octanol–water partition coefficient (Wildman–Crippen LogP) is 0.287. The van der Waals surface area contributed by atoms with Crippen molar-refractivity contribution in [2.75, 3.05) is 0 Å². The van der Waals surface area contributed by atoms with Crippen LogP contribution in [0.25, 0.3) is 0 Å². The minimum atomic E-state index is -1.01. The minimum Gasteiger partial charge on any atom is -0.550 e. The predicted molar refractivity (Wildman–Crippen MR) is 62.6 cm³/mol. The Morgan fingerprint density at radius 2 is 1.59 bits per heavy atom. The molecule has 2 atom stereocenters. The molecule has 4 nitrogen and oxygen atoms in total. The Bertz CT molecular complexity index is 258. The molecule has 98 valence electrons. The van der Waals surface area contributed by atoms with Crippen molar-refractivity contribution in [1.82, 2.24) is 0 Å². The van der Waals surface area contributed by atoms with Crippen molar-refractivity contribution in [1.29, 1.82) is 0 Å². The summed E-state index contributed by atoms with van der Waals surface area (Å²) in [7, 11) is 0. The zero-order valence-corrected chi connectivity index (χ0v) is 10.5.